The summed E-state index contributed by atoms with van der Waals surface area (Å²) in [6.45, 7) is 1.03. The molecule has 7 nitrogen and oxygen atoms in total. The number of methoxy groups -OCH3 is 3. The number of aromatic nitrogens is 2. The van der Waals surface area contributed by atoms with Crippen molar-refractivity contribution in [1.29, 1.82) is 0 Å². The van der Waals surface area contributed by atoms with E-state index in [-0.39, 0.29) is 5.91 Å². The van der Waals surface area contributed by atoms with Gasteiger partial charge in [-0.05, 0) is 41.8 Å². The van der Waals surface area contributed by atoms with E-state index in [1.54, 1.807) is 32.2 Å². The van der Waals surface area contributed by atoms with Crippen LogP contribution < -0.4 is 19.5 Å². The van der Waals surface area contributed by atoms with Gasteiger partial charge in [-0.15, -0.1) is 0 Å². The summed E-state index contributed by atoms with van der Waals surface area (Å²) in [6.07, 6.45) is 2.45. The van der Waals surface area contributed by atoms with E-state index >= 15 is 0 Å². The molecule has 0 saturated carbocycles. The van der Waals surface area contributed by atoms with Crippen LogP contribution in [0.4, 0.5) is 0 Å². The van der Waals surface area contributed by atoms with Gasteiger partial charge in [-0.2, -0.15) is 5.10 Å². The molecule has 0 saturated heterocycles. The molecule has 3 aromatic carbocycles. The molecule has 0 radical (unpaired) electrons. The SMILES string of the molecule is COc1cccc(-c2nn(Cc3ccccc3)cc2C(=O)NCCc2ccc(OC)c(OC)c2)c1. The van der Waals surface area contributed by atoms with Crippen molar-refractivity contribution in [1.82, 2.24) is 15.1 Å². The number of hydrogen-bond acceptors (Lipinski definition) is 5. The quantitative estimate of drug-likeness (QED) is 0.366. The molecule has 0 aliphatic carbocycles. The minimum Gasteiger partial charge on any atom is -0.497 e. The van der Waals surface area contributed by atoms with Gasteiger partial charge >= 0.3 is 0 Å². The highest BCUT2D eigenvalue weighted by Gasteiger charge is 2.18. The third kappa shape index (κ3) is 5.81. The van der Waals surface area contributed by atoms with Crippen LogP contribution in [-0.2, 0) is 13.0 Å². The van der Waals surface area contributed by atoms with Crippen LogP contribution in [0.3, 0.4) is 0 Å². The molecule has 1 heterocycles. The Morgan fingerprint density at radius 3 is 2.40 bits per heavy atom. The fourth-order valence-corrected chi connectivity index (χ4v) is 3.87. The molecule has 0 aliphatic rings. The van der Waals surface area contributed by atoms with Gasteiger partial charge in [0, 0.05) is 18.3 Å². The smallest absolute Gasteiger partial charge is 0.255 e. The predicted molar refractivity (Wildman–Crippen MR) is 135 cm³/mol. The molecule has 0 bridgehead atoms. The number of ether oxygens (including phenoxy) is 3. The highest BCUT2D eigenvalue weighted by Crippen LogP contribution is 2.28. The van der Waals surface area contributed by atoms with E-state index in [4.69, 9.17) is 19.3 Å². The van der Waals surface area contributed by atoms with Gasteiger partial charge in [0.25, 0.3) is 5.91 Å². The monoisotopic (exact) mass is 471 g/mol. The number of carbonyl (C=O) groups is 1. The van der Waals surface area contributed by atoms with Crippen molar-refractivity contribution in [2.24, 2.45) is 0 Å². The zero-order chi connectivity index (χ0) is 24.6. The zero-order valence-corrected chi connectivity index (χ0v) is 20.2. The van der Waals surface area contributed by atoms with Gasteiger partial charge in [0.05, 0.1) is 33.4 Å². The number of rotatable bonds is 10. The summed E-state index contributed by atoms with van der Waals surface area (Å²) in [6, 6.07) is 23.4. The van der Waals surface area contributed by atoms with Crippen LogP contribution in [0, 0.1) is 0 Å². The van der Waals surface area contributed by atoms with Crippen LogP contribution in [-0.4, -0.2) is 43.6 Å². The van der Waals surface area contributed by atoms with Crippen molar-refractivity contribution in [2.45, 2.75) is 13.0 Å². The Hall–Kier alpha value is -4.26. The molecule has 0 unspecified atom stereocenters. The van der Waals surface area contributed by atoms with Crippen molar-refractivity contribution >= 4 is 5.91 Å². The highest BCUT2D eigenvalue weighted by atomic mass is 16.5. The molecule has 4 aromatic rings. The Labute approximate surface area is 205 Å². The first-order valence-electron chi connectivity index (χ1n) is 11.4. The van der Waals surface area contributed by atoms with E-state index in [0.29, 0.717) is 48.0 Å². The third-order valence-electron chi connectivity index (χ3n) is 5.68. The summed E-state index contributed by atoms with van der Waals surface area (Å²) >= 11 is 0. The second kappa shape index (κ2) is 11.2. The van der Waals surface area contributed by atoms with Crippen LogP contribution >= 0.6 is 0 Å². The molecule has 1 aromatic heterocycles. The predicted octanol–water partition coefficient (Wildman–Crippen LogP) is 4.60. The number of carbonyl (C=O) groups excluding carboxylic acids is 1. The standard InChI is InChI=1S/C28H29N3O4/c1-33-23-11-7-10-22(17-23)27-24(19-31(30-27)18-21-8-5-4-6-9-21)28(32)29-15-14-20-12-13-25(34-2)26(16-20)35-3/h4-13,16-17,19H,14-15,18H2,1-3H3,(H,29,32). The fourth-order valence-electron chi connectivity index (χ4n) is 3.87. The number of nitrogens with zero attached hydrogens (tertiary/aromatic N) is 2. The number of benzene rings is 3. The van der Waals surface area contributed by atoms with Crippen molar-refractivity contribution in [2.75, 3.05) is 27.9 Å². The number of amides is 1. The molecule has 0 spiro atoms. The van der Waals surface area contributed by atoms with E-state index in [1.807, 2.05) is 72.8 Å². The van der Waals surface area contributed by atoms with Crippen LogP contribution in [0.1, 0.15) is 21.5 Å². The van der Waals surface area contributed by atoms with Crippen molar-refractivity contribution in [3.63, 3.8) is 0 Å². The second-order valence-electron chi connectivity index (χ2n) is 8.00. The van der Waals surface area contributed by atoms with Gasteiger partial charge in [0.15, 0.2) is 11.5 Å². The van der Waals surface area contributed by atoms with Crippen molar-refractivity contribution in [3.05, 3.63) is 95.7 Å². The third-order valence-corrected chi connectivity index (χ3v) is 5.68. The molecule has 180 valence electrons. The van der Waals surface area contributed by atoms with Crippen LogP contribution in [0.25, 0.3) is 11.3 Å². The average Bonchev–Trinajstić information content (AvgIpc) is 3.33. The zero-order valence-electron chi connectivity index (χ0n) is 20.2. The first-order valence-corrected chi connectivity index (χ1v) is 11.4. The summed E-state index contributed by atoms with van der Waals surface area (Å²) < 4.78 is 17.8. The largest absolute Gasteiger partial charge is 0.497 e. The minimum atomic E-state index is -0.178. The lowest BCUT2D eigenvalue weighted by Crippen LogP contribution is -2.25. The van der Waals surface area contributed by atoms with Gasteiger partial charge < -0.3 is 19.5 Å². The molecule has 35 heavy (non-hydrogen) atoms. The highest BCUT2D eigenvalue weighted by molar-refractivity contribution is 5.99. The Morgan fingerprint density at radius 2 is 1.66 bits per heavy atom. The molecule has 1 amide bonds. The maximum absolute atomic E-state index is 13.2. The minimum absolute atomic E-state index is 0.178. The van der Waals surface area contributed by atoms with E-state index in [9.17, 15) is 4.79 Å². The van der Waals surface area contributed by atoms with Gasteiger partial charge in [0.2, 0.25) is 0 Å². The summed E-state index contributed by atoms with van der Waals surface area (Å²) in [7, 11) is 4.83. The molecular formula is C28H29N3O4. The molecule has 0 atom stereocenters. The fraction of sp³-hybridized carbons (Fsp3) is 0.214. The maximum Gasteiger partial charge on any atom is 0.255 e. The Bertz CT molecular complexity index is 1280. The summed E-state index contributed by atoms with van der Waals surface area (Å²) in [4.78, 5) is 13.2. The topological polar surface area (TPSA) is 74.6 Å². The second-order valence-corrected chi connectivity index (χ2v) is 8.00. The van der Waals surface area contributed by atoms with Gasteiger partial charge in [-0.25, -0.2) is 0 Å². The molecule has 0 fully saturated rings. The number of hydrogen-bond donors (Lipinski definition) is 1. The first kappa shape index (κ1) is 23.9. The van der Waals surface area contributed by atoms with Crippen LogP contribution in [0.15, 0.2) is 79.0 Å². The Kier molecular flexibility index (Phi) is 7.67. The van der Waals surface area contributed by atoms with Crippen LogP contribution in [0.5, 0.6) is 17.2 Å². The van der Waals surface area contributed by atoms with Gasteiger partial charge in [-0.1, -0.05) is 48.5 Å². The lowest BCUT2D eigenvalue weighted by atomic mass is 10.1. The molecule has 0 aliphatic heterocycles. The lowest BCUT2D eigenvalue weighted by Gasteiger charge is -2.10. The summed E-state index contributed by atoms with van der Waals surface area (Å²) in [5, 5.41) is 7.78. The van der Waals surface area contributed by atoms with E-state index in [2.05, 4.69) is 5.32 Å². The van der Waals surface area contributed by atoms with Crippen molar-refractivity contribution < 1.29 is 19.0 Å². The lowest BCUT2D eigenvalue weighted by molar-refractivity contribution is 0.0954. The van der Waals surface area contributed by atoms with E-state index in [0.717, 1.165) is 16.7 Å². The van der Waals surface area contributed by atoms with Crippen LogP contribution in [0.2, 0.25) is 0 Å². The molecule has 1 N–H and O–H groups in total. The Morgan fingerprint density at radius 1 is 0.857 bits per heavy atom. The van der Waals surface area contributed by atoms with Gasteiger partial charge in [-0.3, -0.25) is 9.48 Å². The van der Waals surface area contributed by atoms with Crippen molar-refractivity contribution in [3.8, 4) is 28.5 Å². The average molecular weight is 472 g/mol. The summed E-state index contributed by atoms with van der Waals surface area (Å²) in [5.74, 6) is 1.87. The maximum atomic E-state index is 13.2. The summed E-state index contributed by atoms with van der Waals surface area (Å²) in [5.41, 5.74) is 4.09. The molecular weight excluding hydrogens is 442 g/mol. The molecule has 4 rings (SSSR count). The van der Waals surface area contributed by atoms with E-state index < -0.39 is 0 Å². The molecule has 7 heteroatoms. The van der Waals surface area contributed by atoms with E-state index in [1.165, 1.54) is 0 Å². The Balaban J connectivity index is 1.54. The normalized spacial score (nSPS) is 10.6. The first-order chi connectivity index (χ1) is 17.1. The number of nitrogens with one attached hydrogen (secondary N) is 1. The van der Waals surface area contributed by atoms with Gasteiger partial charge in [0.1, 0.15) is 11.4 Å².